The van der Waals surface area contributed by atoms with Crippen molar-refractivity contribution in [3.8, 4) is 0 Å². The first-order chi connectivity index (χ1) is 4.94. The first kappa shape index (κ1) is 14.9. The standard InChI is InChI=1S/C2HF3O2.CCl4/c3-2(4,5)1(6)7;2-1(3,4)5/h(H,6,7);. The lowest BCUT2D eigenvalue weighted by atomic mass is 10.7. The third-order valence-electron chi connectivity index (χ3n) is 0.243. The Morgan fingerprint density at radius 1 is 1.08 bits per heavy atom. The Morgan fingerprint density at radius 2 is 1.17 bits per heavy atom. The van der Waals surface area contributed by atoms with Crippen molar-refractivity contribution < 1.29 is 23.1 Å². The highest BCUT2D eigenvalue weighted by Crippen LogP contribution is 2.29. The number of rotatable bonds is 0. The lowest BCUT2D eigenvalue weighted by Crippen LogP contribution is -2.21. The molecule has 0 unspecified atom stereocenters. The van der Waals surface area contributed by atoms with Crippen LogP contribution in [0.3, 0.4) is 0 Å². The third-order valence-corrected chi connectivity index (χ3v) is 0.243. The molecule has 74 valence electrons. The molecule has 0 aliphatic heterocycles. The predicted molar refractivity (Wildman–Crippen MR) is 39.8 cm³/mol. The van der Waals surface area contributed by atoms with Crippen LogP contribution in [-0.2, 0) is 4.79 Å². The van der Waals surface area contributed by atoms with Crippen molar-refractivity contribution in [2.45, 2.75) is 9.43 Å². The summed E-state index contributed by atoms with van der Waals surface area (Å²) in [5.74, 6) is -2.76. The summed E-state index contributed by atoms with van der Waals surface area (Å²) < 4.78 is 30.1. The van der Waals surface area contributed by atoms with Crippen molar-refractivity contribution >= 4 is 52.4 Å². The van der Waals surface area contributed by atoms with Gasteiger partial charge in [-0.25, -0.2) is 4.79 Å². The van der Waals surface area contributed by atoms with Crippen LogP contribution in [-0.4, -0.2) is 20.5 Å². The van der Waals surface area contributed by atoms with Gasteiger partial charge in [-0.15, -0.1) is 0 Å². The quantitative estimate of drug-likeness (QED) is 0.685. The van der Waals surface area contributed by atoms with Gasteiger partial charge in [-0.3, -0.25) is 0 Å². The predicted octanol–water partition coefficient (Wildman–Crippen LogP) is 3.19. The summed E-state index contributed by atoms with van der Waals surface area (Å²) in [6, 6.07) is 0. The zero-order valence-corrected chi connectivity index (χ0v) is 8.02. The Kier molecular flexibility index (Phi) is 6.48. The number of carbonyl (C=O) groups is 1. The summed E-state index contributed by atoms with van der Waals surface area (Å²) in [6.07, 6.45) is -5.08. The average molecular weight is 268 g/mol. The van der Waals surface area contributed by atoms with Crippen LogP contribution in [0, 0.1) is 0 Å². The van der Waals surface area contributed by atoms with Gasteiger partial charge in [0, 0.05) is 0 Å². The van der Waals surface area contributed by atoms with Gasteiger partial charge in [0.2, 0.25) is 0 Å². The fourth-order valence-electron chi connectivity index (χ4n) is 0. The Balaban J connectivity index is 0. The minimum Gasteiger partial charge on any atom is -0.475 e. The largest absolute Gasteiger partial charge is 0.490 e. The number of aliphatic carboxylic acids is 1. The zero-order chi connectivity index (χ0) is 10.6. The summed E-state index contributed by atoms with van der Waals surface area (Å²) in [5.41, 5.74) is 0. The summed E-state index contributed by atoms with van der Waals surface area (Å²) in [5, 5.41) is 7.12. The topological polar surface area (TPSA) is 37.3 Å². The summed E-state index contributed by atoms with van der Waals surface area (Å²) in [6.45, 7) is 0. The van der Waals surface area contributed by atoms with Crippen molar-refractivity contribution in [1.82, 2.24) is 0 Å². The van der Waals surface area contributed by atoms with Crippen molar-refractivity contribution in [1.29, 1.82) is 0 Å². The van der Waals surface area contributed by atoms with Gasteiger partial charge < -0.3 is 5.11 Å². The molecule has 0 heterocycles. The number of halogens is 7. The second-order valence-corrected chi connectivity index (χ2v) is 4.66. The molecule has 0 saturated heterocycles. The molecule has 0 fully saturated rings. The lowest BCUT2D eigenvalue weighted by molar-refractivity contribution is -0.192. The molecular weight excluding hydrogens is 267 g/mol. The second kappa shape index (κ2) is 5.21. The molecule has 0 aromatic heterocycles. The molecular formula is C3HCl4F3O2. The monoisotopic (exact) mass is 266 g/mol. The molecule has 1 N–H and O–H groups in total. The average Bonchev–Trinajstić information content (AvgIpc) is 1.55. The van der Waals surface area contributed by atoms with Gasteiger partial charge in [0.05, 0.1) is 0 Å². The molecule has 9 heteroatoms. The summed E-state index contributed by atoms with van der Waals surface area (Å²) in [4.78, 5) is 8.90. The smallest absolute Gasteiger partial charge is 0.475 e. The van der Waals surface area contributed by atoms with Gasteiger partial charge in [0.25, 0.3) is 3.25 Å². The molecule has 0 saturated carbocycles. The molecule has 0 amide bonds. The zero-order valence-electron chi connectivity index (χ0n) is 5.00. The van der Waals surface area contributed by atoms with E-state index < -0.39 is 15.4 Å². The van der Waals surface area contributed by atoms with Gasteiger partial charge in [0.15, 0.2) is 0 Å². The van der Waals surface area contributed by atoms with Crippen molar-refractivity contribution in [3.63, 3.8) is 0 Å². The van der Waals surface area contributed by atoms with Crippen molar-refractivity contribution in [2.24, 2.45) is 0 Å². The Hall–Kier alpha value is 0.420. The van der Waals surface area contributed by atoms with E-state index in [2.05, 4.69) is 0 Å². The highest BCUT2D eigenvalue weighted by Gasteiger charge is 2.38. The maximum atomic E-state index is 10.6. The summed E-state index contributed by atoms with van der Waals surface area (Å²) >= 11 is 19.3. The van der Waals surface area contributed by atoms with E-state index in [-0.39, 0.29) is 0 Å². The van der Waals surface area contributed by atoms with E-state index in [1.165, 1.54) is 0 Å². The van der Waals surface area contributed by atoms with Crippen LogP contribution in [0.1, 0.15) is 0 Å². The number of hydrogen-bond donors (Lipinski definition) is 1. The fraction of sp³-hybridized carbons (Fsp3) is 0.667. The number of carboxylic acid groups (broad SMARTS) is 1. The molecule has 2 nitrogen and oxygen atoms in total. The van der Waals surface area contributed by atoms with Crippen molar-refractivity contribution in [3.05, 3.63) is 0 Å². The first-order valence-corrected chi connectivity index (χ1v) is 3.51. The molecule has 0 bridgehead atoms. The molecule has 0 atom stereocenters. The molecule has 0 rings (SSSR count). The highest BCUT2D eigenvalue weighted by atomic mass is 35.6. The van der Waals surface area contributed by atoms with E-state index in [0.29, 0.717) is 0 Å². The number of alkyl halides is 7. The van der Waals surface area contributed by atoms with Crippen LogP contribution in [0.25, 0.3) is 0 Å². The Bertz CT molecular complexity index is 145. The molecule has 0 aliphatic rings. The van der Waals surface area contributed by atoms with E-state index in [9.17, 15) is 13.2 Å². The van der Waals surface area contributed by atoms with E-state index in [4.69, 9.17) is 56.3 Å². The molecule has 0 aromatic rings. The number of carboxylic acids is 1. The Morgan fingerprint density at radius 3 is 1.17 bits per heavy atom. The maximum Gasteiger partial charge on any atom is 0.490 e. The minimum absolute atomic E-state index is 1.61. The molecule has 0 radical (unpaired) electrons. The van der Waals surface area contributed by atoms with Crippen LogP contribution < -0.4 is 0 Å². The summed E-state index contributed by atoms with van der Waals surface area (Å²) in [7, 11) is 0. The van der Waals surface area contributed by atoms with Gasteiger partial charge in [-0.05, 0) is 0 Å². The van der Waals surface area contributed by atoms with Gasteiger partial charge >= 0.3 is 12.1 Å². The van der Waals surface area contributed by atoms with E-state index in [1.54, 1.807) is 0 Å². The third kappa shape index (κ3) is 22.4. The van der Waals surface area contributed by atoms with Crippen LogP contribution in [0.4, 0.5) is 13.2 Å². The Labute approximate surface area is 85.1 Å². The van der Waals surface area contributed by atoms with Gasteiger partial charge in [-0.2, -0.15) is 13.2 Å². The SMILES string of the molecule is ClC(Cl)(Cl)Cl.O=C(O)C(F)(F)F. The van der Waals surface area contributed by atoms with E-state index in [1.807, 2.05) is 0 Å². The first-order valence-electron chi connectivity index (χ1n) is 2.00. The number of hydrogen-bond acceptors (Lipinski definition) is 1. The fourth-order valence-corrected chi connectivity index (χ4v) is 0. The van der Waals surface area contributed by atoms with Crippen molar-refractivity contribution in [2.75, 3.05) is 0 Å². The van der Waals surface area contributed by atoms with Gasteiger partial charge in [-0.1, -0.05) is 46.4 Å². The highest BCUT2D eigenvalue weighted by molar-refractivity contribution is 6.83. The lowest BCUT2D eigenvalue weighted by Gasteiger charge is -1.93. The van der Waals surface area contributed by atoms with Crippen LogP contribution in [0.2, 0.25) is 0 Å². The van der Waals surface area contributed by atoms with E-state index >= 15 is 0 Å². The van der Waals surface area contributed by atoms with Crippen LogP contribution >= 0.6 is 46.4 Å². The van der Waals surface area contributed by atoms with E-state index in [0.717, 1.165) is 0 Å². The minimum atomic E-state index is -5.08. The van der Waals surface area contributed by atoms with Crippen LogP contribution in [0.5, 0.6) is 0 Å². The molecule has 12 heavy (non-hydrogen) atoms. The van der Waals surface area contributed by atoms with Gasteiger partial charge in [0.1, 0.15) is 0 Å². The van der Waals surface area contributed by atoms with Crippen LogP contribution in [0.15, 0.2) is 0 Å². The molecule has 0 aromatic carbocycles. The maximum absolute atomic E-state index is 10.6. The normalized spacial score (nSPS) is 11.6. The second-order valence-electron chi connectivity index (χ2n) is 1.23. The molecule has 0 spiro atoms. The molecule has 0 aliphatic carbocycles.